The molecular weight excluding hydrogens is 272 g/mol. The van der Waals surface area contributed by atoms with Crippen LogP contribution in [-0.2, 0) is 0 Å². The van der Waals surface area contributed by atoms with E-state index in [1.165, 1.54) is 4.68 Å². The van der Waals surface area contributed by atoms with Crippen LogP contribution in [0.3, 0.4) is 0 Å². The van der Waals surface area contributed by atoms with Gasteiger partial charge in [-0.1, -0.05) is 0 Å². The van der Waals surface area contributed by atoms with Gasteiger partial charge in [0.15, 0.2) is 0 Å². The van der Waals surface area contributed by atoms with Crippen LogP contribution in [0.5, 0.6) is 11.5 Å². The Kier molecular flexibility index (Phi) is 4.16. The average Bonchev–Trinajstić information content (AvgIpc) is 2.92. The summed E-state index contributed by atoms with van der Waals surface area (Å²) in [6, 6.07) is 6.83. The standard InChI is InChI=1S/C15H18N2O4/c1-9(2)17-13(15(18)19)8-12(16-17)11-6-5-10(20-3)7-14(11)21-4/h5-9H,1-4H3,(H,18,19). The quantitative estimate of drug-likeness (QED) is 0.916. The first kappa shape index (κ1) is 14.9. The fourth-order valence-corrected chi connectivity index (χ4v) is 2.09. The Morgan fingerprint density at radius 1 is 1.24 bits per heavy atom. The number of methoxy groups -OCH3 is 2. The maximum atomic E-state index is 11.3. The topological polar surface area (TPSA) is 73.6 Å². The number of carboxylic acid groups (broad SMARTS) is 1. The van der Waals surface area contributed by atoms with Crippen LogP contribution < -0.4 is 9.47 Å². The average molecular weight is 290 g/mol. The number of aromatic carboxylic acids is 1. The van der Waals surface area contributed by atoms with Crippen LogP contribution in [-0.4, -0.2) is 35.1 Å². The zero-order valence-corrected chi connectivity index (χ0v) is 12.5. The van der Waals surface area contributed by atoms with Gasteiger partial charge in [-0.15, -0.1) is 0 Å². The second kappa shape index (κ2) is 5.87. The molecular formula is C15H18N2O4. The molecule has 0 saturated carbocycles. The van der Waals surface area contributed by atoms with Crippen molar-refractivity contribution in [1.82, 2.24) is 9.78 Å². The minimum Gasteiger partial charge on any atom is -0.497 e. The lowest BCUT2D eigenvalue weighted by Gasteiger charge is -2.09. The van der Waals surface area contributed by atoms with Crippen molar-refractivity contribution in [2.24, 2.45) is 0 Å². The number of carbonyl (C=O) groups is 1. The molecule has 2 aromatic rings. The van der Waals surface area contributed by atoms with Crippen LogP contribution in [0.15, 0.2) is 24.3 Å². The van der Waals surface area contributed by atoms with Crippen molar-refractivity contribution in [2.45, 2.75) is 19.9 Å². The van der Waals surface area contributed by atoms with Crippen LogP contribution in [0.1, 0.15) is 30.4 Å². The predicted octanol–water partition coefficient (Wildman–Crippen LogP) is 2.85. The summed E-state index contributed by atoms with van der Waals surface area (Å²) in [5.74, 6) is 0.243. The van der Waals surface area contributed by atoms with E-state index in [0.717, 1.165) is 5.56 Å². The third kappa shape index (κ3) is 2.84. The largest absolute Gasteiger partial charge is 0.497 e. The number of aromatic nitrogens is 2. The molecule has 0 saturated heterocycles. The van der Waals surface area contributed by atoms with E-state index in [0.29, 0.717) is 17.2 Å². The monoisotopic (exact) mass is 290 g/mol. The molecule has 1 aromatic carbocycles. The molecule has 0 aliphatic rings. The van der Waals surface area contributed by atoms with Gasteiger partial charge in [0.25, 0.3) is 0 Å². The first-order chi connectivity index (χ1) is 9.97. The molecule has 1 heterocycles. The smallest absolute Gasteiger partial charge is 0.354 e. The van der Waals surface area contributed by atoms with E-state index in [2.05, 4.69) is 5.10 Å². The highest BCUT2D eigenvalue weighted by Gasteiger charge is 2.19. The Morgan fingerprint density at radius 2 is 1.95 bits per heavy atom. The minimum absolute atomic E-state index is 0.0471. The van der Waals surface area contributed by atoms with E-state index in [-0.39, 0.29) is 11.7 Å². The molecule has 0 amide bonds. The Hall–Kier alpha value is -2.50. The van der Waals surface area contributed by atoms with Gasteiger partial charge in [0, 0.05) is 17.7 Å². The molecule has 0 aliphatic carbocycles. The molecule has 0 aliphatic heterocycles. The SMILES string of the molecule is COc1ccc(-c2cc(C(=O)O)n(C(C)C)n2)c(OC)c1. The molecule has 0 unspecified atom stereocenters. The maximum Gasteiger partial charge on any atom is 0.354 e. The summed E-state index contributed by atoms with van der Waals surface area (Å²) < 4.78 is 12.0. The molecule has 6 heteroatoms. The van der Waals surface area contributed by atoms with Gasteiger partial charge in [-0.3, -0.25) is 4.68 Å². The van der Waals surface area contributed by atoms with Gasteiger partial charge in [0.1, 0.15) is 17.2 Å². The first-order valence-electron chi connectivity index (χ1n) is 6.53. The highest BCUT2D eigenvalue weighted by atomic mass is 16.5. The van der Waals surface area contributed by atoms with Crippen molar-refractivity contribution >= 4 is 5.97 Å². The van der Waals surface area contributed by atoms with Crippen molar-refractivity contribution in [3.05, 3.63) is 30.0 Å². The maximum absolute atomic E-state index is 11.3. The molecule has 0 radical (unpaired) electrons. The van der Waals surface area contributed by atoms with Crippen molar-refractivity contribution in [2.75, 3.05) is 14.2 Å². The lowest BCUT2D eigenvalue weighted by atomic mass is 10.1. The third-order valence-corrected chi connectivity index (χ3v) is 3.13. The molecule has 2 rings (SSSR count). The molecule has 21 heavy (non-hydrogen) atoms. The molecule has 112 valence electrons. The molecule has 0 fully saturated rings. The molecule has 6 nitrogen and oxygen atoms in total. The summed E-state index contributed by atoms with van der Waals surface area (Å²) in [6.07, 6.45) is 0. The summed E-state index contributed by atoms with van der Waals surface area (Å²) in [5.41, 5.74) is 1.43. The number of nitrogens with zero attached hydrogens (tertiary/aromatic N) is 2. The second-order valence-electron chi connectivity index (χ2n) is 4.82. The zero-order valence-electron chi connectivity index (χ0n) is 12.5. The van der Waals surface area contributed by atoms with E-state index in [1.54, 1.807) is 38.5 Å². The summed E-state index contributed by atoms with van der Waals surface area (Å²) in [7, 11) is 3.13. The zero-order chi connectivity index (χ0) is 15.6. The number of hydrogen-bond donors (Lipinski definition) is 1. The lowest BCUT2D eigenvalue weighted by molar-refractivity contribution is 0.0681. The number of ether oxygens (including phenoxy) is 2. The summed E-state index contributed by atoms with van der Waals surface area (Å²) >= 11 is 0. The van der Waals surface area contributed by atoms with Crippen LogP contribution in [0.25, 0.3) is 11.3 Å². The predicted molar refractivity (Wildman–Crippen MR) is 78.1 cm³/mol. The van der Waals surface area contributed by atoms with Gasteiger partial charge < -0.3 is 14.6 Å². The van der Waals surface area contributed by atoms with Crippen LogP contribution >= 0.6 is 0 Å². The van der Waals surface area contributed by atoms with E-state index in [1.807, 2.05) is 13.8 Å². The molecule has 0 spiro atoms. The fourth-order valence-electron chi connectivity index (χ4n) is 2.09. The Bertz CT molecular complexity index is 662. The van der Waals surface area contributed by atoms with Crippen molar-refractivity contribution in [3.8, 4) is 22.8 Å². The number of rotatable bonds is 5. The normalized spacial score (nSPS) is 10.7. The minimum atomic E-state index is -1.00. The van der Waals surface area contributed by atoms with Crippen LogP contribution in [0.4, 0.5) is 0 Å². The highest BCUT2D eigenvalue weighted by molar-refractivity contribution is 5.87. The van der Waals surface area contributed by atoms with Crippen LogP contribution in [0.2, 0.25) is 0 Å². The van der Waals surface area contributed by atoms with E-state index in [4.69, 9.17) is 9.47 Å². The van der Waals surface area contributed by atoms with Crippen molar-refractivity contribution in [3.63, 3.8) is 0 Å². The molecule has 0 bridgehead atoms. The lowest BCUT2D eigenvalue weighted by Crippen LogP contribution is -2.11. The van der Waals surface area contributed by atoms with E-state index in [9.17, 15) is 9.90 Å². The van der Waals surface area contributed by atoms with Crippen molar-refractivity contribution in [1.29, 1.82) is 0 Å². The molecule has 0 atom stereocenters. The Balaban J connectivity index is 2.56. The van der Waals surface area contributed by atoms with Gasteiger partial charge in [-0.25, -0.2) is 4.79 Å². The van der Waals surface area contributed by atoms with Gasteiger partial charge in [-0.2, -0.15) is 5.10 Å². The molecule has 1 N–H and O–H groups in total. The van der Waals surface area contributed by atoms with Gasteiger partial charge >= 0.3 is 5.97 Å². The Labute approximate surface area is 122 Å². The van der Waals surface area contributed by atoms with E-state index >= 15 is 0 Å². The second-order valence-corrected chi connectivity index (χ2v) is 4.82. The number of benzene rings is 1. The van der Waals surface area contributed by atoms with Crippen LogP contribution in [0, 0.1) is 0 Å². The third-order valence-electron chi connectivity index (χ3n) is 3.13. The summed E-state index contributed by atoms with van der Waals surface area (Å²) in [6.45, 7) is 3.77. The van der Waals surface area contributed by atoms with E-state index < -0.39 is 5.97 Å². The fraction of sp³-hybridized carbons (Fsp3) is 0.333. The summed E-state index contributed by atoms with van der Waals surface area (Å²) in [5, 5.41) is 13.7. The van der Waals surface area contributed by atoms with Gasteiger partial charge in [0.05, 0.1) is 19.9 Å². The number of hydrogen-bond acceptors (Lipinski definition) is 4. The van der Waals surface area contributed by atoms with Gasteiger partial charge in [-0.05, 0) is 32.0 Å². The van der Waals surface area contributed by atoms with Gasteiger partial charge in [0.2, 0.25) is 0 Å². The molecule has 1 aromatic heterocycles. The number of carboxylic acids is 1. The van der Waals surface area contributed by atoms with Crippen molar-refractivity contribution < 1.29 is 19.4 Å². The Morgan fingerprint density at radius 3 is 2.43 bits per heavy atom. The summed E-state index contributed by atoms with van der Waals surface area (Å²) in [4.78, 5) is 11.3. The first-order valence-corrected chi connectivity index (χ1v) is 6.53. The highest BCUT2D eigenvalue weighted by Crippen LogP contribution is 2.33.